The summed E-state index contributed by atoms with van der Waals surface area (Å²) < 4.78 is 6.00. The average Bonchev–Trinajstić information content (AvgIpc) is 2.85. The van der Waals surface area contributed by atoms with Crippen molar-refractivity contribution in [2.75, 3.05) is 11.9 Å². The molecule has 2 unspecified atom stereocenters. The van der Waals surface area contributed by atoms with Crippen LogP contribution in [0.3, 0.4) is 0 Å². The van der Waals surface area contributed by atoms with Gasteiger partial charge in [0.25, 0.3) is 0 Å². The van der Waals surface area contributed by atoms with Crippen LogP contribution in [0.2, 0.25) is 0 Å². The number of carbonyl (C=O) groups is 1. The van der Waals surface area contributed by atoms with Gasteiger partial charge in [-0.3, -0.25) is 4.79 Å². The Balaban J connectivity index is 1.70. The smallest absolute Gasteiger partial charge is 0.186 e. The molecule has 0 amide bonds. The molecule has 3 heteroatoms. The lowest BCUT2D eigenvalue weighted by Gasteiger charge is -2.28. The lowest BCUT2D eigenvalue weighted by atomic mass is 9.87. The van der Waals surface area contributed by atoms with Crippen molar-refractivity contribution in [3.05, 3.63) is 65.7 Å². The fourth-order valence-corrected chi connectivity index (χ4v) is 3.07. The Hall–Kier alpha value is -2.55. The Labute approximate surface area is 123 Å². The highest BCUT2D eigenvalue weighted by atomic mass is 16.5. The normalized spacial score (nSPS) is 22.7. The molecule has 2 aromatic rings. The molecule has 2 atom stereocenters. The number of nitrogens with zero attached hydrogens (tertiary/aromatic N) is 1. The third-order valence-corrected chi connectivity index (χ3v) is 4.19. The zero-order valence-corrected chi connectivity index (χ0v) is 11.7. The maximum Gasteiger partial charge on any atom is 0.186 e. The van der Waals surface area contributed by atoms with Crippen molar-refractivity contribution in [1.82, 2.24) is 0 Å². The van der Waals surface area contributed by atoms with Crippen LogP contribution in [0.1, 0.15) is 15.9 Å². The fourth-order valence-electron chi connectivity index (χ4n) is 3.07. The summed E-state index contributed by atoms with van der Waals surface area (Å²) in [6, 6.07) is 15.6. The van der Waals surface area contributed by atoms with E-state index in [-0.39, 0.29) is 17.9 Å². The molecule has 0 aromatic heterocycles. The molecule has 2 aliphatic rings. The van der Waals surface area contributed by atoms with Gasteiger partial charge in [0.2, 0.25) is 0 Å². The summed E-state index contributed by atoms with van der Waals surface area (Å²) in [5, 5.41) is 0. The highest BCUT2D eigenvalue weighted by Crippen LogP contribution is 2.40. The molecule has 4 rings (SSSR count). The molecule has 0 radical (unpaired) electrons. The fraction of sp³-hybridized carbons (Fsp3) is 0.167. The molecule has 0 N–H and O–H groups in total. The number of anilines is 1. The molecule has 2 aromatic carbocycles. The second-order valence-electron chi connectivity index (χ2n) is 5.42. The first-order valence-electron chi connectivity index (χ1n) is 7.06. The Morgan fingerprint density at radius 2 is 1.81 bits per heavy atom. The van der Waals surface area contributed by atoms with Crippen LogP contribution < -0.4 is 9.64 Å². The molecule has 3 nitrogen and oxygen atoms in total. The molecule has 1 heterocycles. The van der Waals surface area contributed by atoms with Crippen molar-refractivity contribution in [2.45, 2.75) is 6.23 Å². The molecule has 0 fully saturated rings. The monoisotopic (exact) mass is 277 g/mol. The van der Waals surface area contributed by atoms with Gasteiger partial charge in [-0.25, -0.2) is 0 Å². The SMILES string of the molecule is CN1c2ccccc2OC1C1C=Cc2ccccc2C1=O. The van der Waals surface area contributed by atoms with E-state index in [0.717, 1.165) is 22.6 Å². The Bertz CT molecular complexity index is 750. The molecule has 1 aliphatic carbocycles. The summed E-state index contributed by atoms with van der Waals surface area (Å²) in [6.07, 6.45) is 3.69. The topological polar surface area (TPSA) is 29.5 Å². The number of carbonyl (C=O) groups excluding carboxylic acids is 1. The quantitative estimate of drug-likeness (QED) is 0.800. The molecule has 0 spiro atoms. The first-order valence-corrected chi connectivity index (χ1v) is 7.06. The Morgan fingerprint density at radius 3 is 2.67 bits per heavy atom. The van der Waals surface area contributed by atoms with Crippen molar-refractivity contribution in [3.63, 3.8) is 0 Å². The minimum Gasteiger partial charge on any atom is -0.467 e. The zero-order chi connectivity index (χ0) is 14.4. The summed E-state index contributed by atoms with van der Waals surface area (Å²) in [5.41, 5.74) is 2.79. The van der Waals surface area contributed by atoms with Crippen molar-refractivity contribution in [2.24, 2.45) is 5.92 Å². The summed E-state index contributed by atoms with van der Waals surface area (Å²) in [5.74, 6) is 0.681. The van der Waals surface area contributed by atoms with E-state index < -0.39 is 0 Å². The van der Waals surface area contributed by atoms with Crippen LogP contribution in [0, 0.1) is 5.92 Å². The summed E-state index contributed by atoms with van der Waals surface area (Å²) >= 11 is 0. The minimum atomic E-state index is -0.280. The number of benzene rings is 2. The number of Topliss-reactive ketones (excluding diaryl/α,β-unsaturated/α-hetero) is 1. The maximum absolute atomic E-state index is 12.7. The molecule has 0 saturated heterocycles. The summed E-state index contributed by atoms with van der Waals surface area (Å²) in [6.45, 7) is 0. The van der Waals surface area contributed by atoms with Gasteiger partial charge in [-0.2, -0.15) is 0 Å². The van der Waals surface area contributed by atoms with Crippen LogP contribution in [0.5, 0.6) is 5.75 Å². The van der Waals surface area contributed by atoms with Gasteiger partial charge in [0.05, 0.1) is 11.6 Å². The van der Waals surface area contributed by atoms with Crippen LogP contribution in [-0.4, -0.2) is 19.1 Å². The second kappa shape index (κ2) is 4.48. The van der Waals surface area contributed by atoms with E-state index >= 15 is 0 Å². The highest BCUT2D eigenvalue weighted by Gasteiger charge is 2.39. The molecule has 104 valence electrons. The summed E-state index contributed by atoms with van der Waals surface area (Å²) in [7, 11) is 1.97. The van der Waals surface area contributed by atoms with E-state index in [4.69, 9.17) is 4.74 Å². The second-order valence-corrected chi connectivity index (χ2v) is 5.42. The predicted molar refractivity (Wildman–Crippen MR) is 82.6 cm³/mol. The molecular weight excluding hydrogens is 262 g/mol. The number of fused-ring (bicyclic) bond motifs is 2. The highest BCUT2D eigenvalue weighted by molar-refractivity contribution is 6.05. The molecule has 0 bridgehead atoms. The van der Waals surface area contributed by atoms with Crippen molar-refractivity contribution < 1.29 is 9.53 Å². The van der Waals surface area contributed by atoms with Crippen LogP contribution in [0.15, 0.2) is 54.6 Å². The van der Waals surface area contributed by atoms with Crippen LogP contribution in [0.4, 0.5) is 5.69 Å². The van der Waals surface area contributed by atoms with Crippen LogP contribution in [-0.2, 0) is 0 Å². The van der Waals surface area contributed by atoms with E-state index in [1.54, 1.807) is 0 Å². The van der Waals surface area contributed by atoms with Gasteiger partial charge in [-0.05, 0) is 17.7 Å². The number of para-hydroxylation sites is 2. The van der Waals surface area contributed by atoms with Crippen LogP contribution in [0.25, 0.3) is 6.08 Å². The van der Waals surface area contributed by atoms with Gasteiger partial charge in [0.15, 0.2) is 12.0 Å². The van der Waals surface area contributed by atoms with Crippen molar-refractivity contribution >= 4 is 17.5 Å². The molecule has 1 aliphatic heterocycles. The van der Waals surface area contributed by atoms with Crippen LogP contribution >= 0.6 is 0 Å². The van der Waals surface area contributed by atoms with E-state index in [2.05, 4.69) is 0 Å². The van der Waals surface area contributed by atoms with Gasteiger partial charge in [0, 0.05) is 12.6 Å². The average molecular weight is 277 g/mol. The first kappa shape index (κ1) is 12.2. The minimum absolute atomic E-state index is 0.123. The van der Waals surface area contributed by atoms with E-state index in [1.165, 1.54) is 0 Å². The van der Waals surface area contributed by atoms with E-state index in [0.29, 0.717) is 0 Å². The third kappa shape index (κ3) is 1.77. The summed E-state index contributed by atoms with van der Waals surface area (Å²) in [4.78, 5) is 14.8. The lowest BCUT2D eigenvalue weighted by Crippen LogP contribution is -2.42. The first-order chi connectivity index (χ1) is 10.3. The number of ether oxygens (including phenoxy) is 1. The third-order valence-electron chi connectivity index (χ3n) is 4.19. The van der Waals surface area contributed by atoms with E-state index in [1.807, 2.05) is 72.6 Å². The number of rotatable bonds is 1. The van der Waals surface area contributed by atoms with Gasteiger partial charge in [-0.1, -0.05) is 48.6 Å². The standard InChI is InChI=1S/C18H15NO2/c1-19-15-8-4-5-9-16(15)21-18(19)14-11-10-12-6-2-3-7-13(12)17(14)20/h2-11,14,18H,1H3. The Kier molecular flexibility index (Phi) is 2.61. The predicted octanol–water partition coefficient (Wildman–Crippen LogP) is 3.37. The van der Waals surface area contributed by atoms with E-state index in [9.17, 15) is 4.79 Å². The van der Waals surface area contributed by atoms with Gasteiger partial charge in [0.1, 0.15) is 5.75 Å². The Morgan fingerprint density at radius 1 is 1.05 bits per heavy atom. The van der Waals surface area contributed by atoms with Gasteiger partial charge < -0.3 is 9.64 Å². The lowest BCUT2D eigenvalue weighted by molar-refractivity contribution is 0.0838. The maximum atomic E-state index is 12.7. The number of hydrogen-bond acceptors (Lipinski definition) is 3. The van der Waals surface area contributed by atoms with Crippen molar-refractivity contribution in [3.8, 4) is 5.75 Å². The largest absolute Gasteiger partial charge is 0.467 e. The van der Waals surface area contributed by atoms with Crippen molar-refractivity contribution in [1.29, 1.82) is 0 Å². The molecule has 0 saturated carbocycles. The molecule has 21 heavy (non-hydrogen) atoms. The number of hydrogen-bond donors (Lipinski definition) is 0. The number of ketones is 1. The molecular formula is C18H15NO2. The van der Waals surface area contributed by atoms with Gasteiger partial charge >= 0.3 is 0 Å². The zero-order valence-electron chi connectivity index (χ0n) is 11.7. The van der Waals surface area contributed by atoms with Gasteiger partial charge in [-0.15, -0.1) is 0 Å².